The molecule has 1 saturated heterocycles. The van der Waals surface area contributed by atoms with E-state index in [1.165, 1.54) is 25.7 Å². The third-order valence-electron chi connectivity index (χ3n) is 4.69. The van der Waals surface area contributed by atoms with Gasteiger partial charge < -0.3 is 14.8 Å². The van der Waals surface area contributed by atoms with Gasteiger partial charge in [-0.3, -0.25) is 9.59 Å². The second-order valence-electron chi connectivity index (χ2n) is 6.13. The lowest BCUT2D eigenvalue weighted by Gasteiger charge is -2.36. The number of pyridine rings is 1. The van der Waals surface area contributed by atoms with E-state index in [1.54, 1.807) is 12.3 Å². The highest BCUT2D eigenvalue weighted by Gasteiger charge is 2.25. The Balaban J connectivity index is 1.52. The molecule has 0 aromatic carbocycles. The molecule has 2 aliphatic rings. The molecule has 1 aliphatic carbocycles. The van der Waals surface area contributed by atoms with Gasteiger partial charge in [0.2, 0.25) is 11.5 Å². The fourth-order valence-electron chi connectivity index (χ4n) is 3.43. The van der Waals surface area contributed by atoms with Crippen molar-refractivity contribution < 1.29 is 4.79 Å². The number of nitrogens with one attached hydrogen (secondary N) is 1. The number of anilines is 1. The van der Waals surface area contributed by atoms with Crippen LogP contribution in [0.15, 0.2) is 23.1 Å². The summed E-state index contributed by atoms with van der Waals surface area (Å²) >= 11 is 0. The lowest BCUT2D eigenvalue weighted by Crippen LogP contribution is -2.49. The maximum atomic E-state index is 12.3. The van der Waals surface area contributed by atoms with Gasteiger partial charge in [0.25, 0.3) is 0 Å². The van der Waals surface area contributed by atoms with Crippen LogP contribution in [-0.4, -0.2) is 42.0 Å². The molecule has 3 rings (SSSR count). The van der Waals surface area contributed by atoms with Gasteiger partial charge in [-0.25, -0.2) is 0 Å². The predicted octanol–water partition coefficient (Wildman–Crippen LogP) is 1.60. The van der Waals surface area contributed by atoms with E-state index in [1.807, 2.05) is 11.0 Å². The lowest BCUT2D eigenvalue weighted by molar-refractivity contribution is -0.132. The van der Waals surface area contributed by atoms with Gasteiger partial charge in [-0.1, -0.05) is 12.8 Å². The van der Waals surface area contributed by atoms with Crippen LogP contribution in [0.3, 0.4) is 0 Å². The summed E-state index contributed by atoms with van der Waals surface area (Å²) in [5, 5.41) is 0. The molecule has 1 aromatic rings. The summed E-state index contributed by atoms with van der Waals surface area (Å²) in [5.41, 5.74) is 0.869. The van der Waals surface area contributed by atoms with Crippen molar-refractivity contribution in [1.82, 2.24) is 9.88 Å². The van der Waals surface area contributed by atoms with Crippen LogP contribution < -0.4 is 10.5 Å². The Labute approximate surface area is 124 Å². The molecule has 1 saturated carbocycles. The molecular weight excluding hydrogens is 266 g/mol. The Bertz CT molecular complexity index is 540. The molecule has 0 spiro atoms. The van der Waals surface area contributed by atoms with Crippen molar-refractivity contribution in [1.29, 1.82) is 0 Å². The van der Waals surface area contributed by atoms with Gasteiger partial charge >= 0.3 is 0 Å². The van der Waals surface area contributed by atoms with E-state index in [-0.39, 0.29) is 5.56 Å². The van der Waals surface area contributed by atoms with E-state index in [0.29, 0.717) is 11.8 Å². The Hall–Kier alpha value is -1.78. The number of H-pyrrole nitrogens is 1. The van der Waals surface area contributed by atoms with E-state index in [0.717, 1.165) is 38.3 Å². The van der Waals surface area contributed by atoms with Crippen molar-refractivity contribution in [2.45, 2.75) is 32.1 Å². The van der Waals surface area contributed by atoms with Gasteiger partial charge in [0.1, 0.15) is 0 Å². The van der Waals surface area contributed by atoms with Gasteiger partial charge in [0, 0.05) is 50.6 Å². The van der Waals surface area contributed by atoms with Crippen LogP contribution >= 0.6 is 0 Å². The minimum Gasteiger partial charge on any atom is -0.368 e. The molecule has 0 unspecified atom stereocenters. The predicted molar refractivity (Wildman–Crippen MR) is 82.4 cm³/mol. The van der Waals surface area contributed by atoms with Crippen LogP contribution in [0.4, 0.5) is 5.69 Å². The van der Waals surface area contributed by atoms with Crippen LogP contribution in [0.25, 0.3) is 0 Å². The Morgan fingerprint density at radius 2 is 1.90 bits per heavy atom. The first-order chi connectivity index (χ1) is 10.2. The van der Waals surface area contributed by atoms with Crippen molar-refractivity contribution in [3.05, 3.63) is 28.7 Å². The monoisotopic (exact) mass is 289 g/mol. The summed E-state index contributed by atoms with van der Waals surface area (Å²) in [5.74, 6) is 0.927. The number of aromatic amines is 1. The number of piperazine rings is 1. The molecule has 1 amide bonds. The molecule has 0 bridgehead atoms. The van der Waals surface area contributed by atoms with Crippen LogP contribution in [0.2, 0.25) is 0 Å². The SMILES string of the molecule is O=C(CC1CCCC1)N1CCN(c2cc[nH]c(=O)c2)CC1. The smallest absolute Gasteiger partial charge is 0.249 e. The first kappa shape index (κ1) is 14.2. The first-order valence-electron chi connectivity index (χ1n) is 7.94. The summed E-state index contributed by atoms with van der Waals surface area (Å²) in [4.78, 5) is 30.5. The second kappa shape index (κ2) is 6.33. The Morgan fingerprint density at radius 3 is 2.57 bits per heavy atom. The standard InChI is InChI=1S/C16H23N3O2/c20-15-12-14(5-6-17-15)18-7-9-19(10-8-18)16(21)11-13-3-1-2-4-13/h5-6,12-13H,1-4,7-11H2,(H,17,20). The van der Waals surface area contributed by atoms with Gasteiger partial charge in [-0.05, 0) is 24.8 Å². The Kier molecular flexibility index (Phi) is 4.27. The van der Waals surface area contributed by atoms with E-state index in [9.17, 15) is 9.59 Å². The molecular formula is C16H23N3O2. The third kappa shape index (κ3) is 3.46. The van der Waals surface area contributed by atoms with Crippen molar-refractivity contribution in [2.75, 3.05) is 31.1 Å². The number of rotatable bonds is 3. The van der Waals surface area contributed by atoms with Gasteiger partial charge in [0.05, 0.1) is 0 Å². The van der Waals surface area contributed by atoms with E-state index >= 15 is 0 Å². The molecule has 1 N–H and O–H groups in total. The average molecular weight is 289 g/mol. The largest absolute Gasteiger partial charge is 0.368 e. The number of carbonyl (C=O) groups is 1. The van der Waals surface area contributed by atoms with Crippen molar-refractivity contribution in [2.24, 2.45) is 5.92 Å². The summed E-state index contributed by atoms with van der Waals surface area (Å²) in [7, 11) is 0. The second-order valence-corrected chi connectivity index (χ2v) is 6.13. The number of carbonyl (C=O) groups excluding carboxylic acids is 1. The summed E-state index contributed by atoms with van der Waals surface area (Å²) in [6.07, 6.45) is 7.42. The van der Waals surface area contributed by atoms with Crippen LogP contribution in [0.5, 0.6) is 0 Å². The van der Waals surface area contributed by atoms with E-state index < -0.39 is 0 Å². The minimum absolute atomic E-state index is 0.0766. The lowest BCUT2D eigenvalue weighted by atomic mass is 10.0. The summed E-state index contributed by atoms with van der Waals surface area (Å²) < 4.78 is 0. The maximum absolute atomic E-state index is 12.3. The molecule has 5 nitrogen and oxygen atoms in total. The number of hydrogen-bond acceptors (Lipinski definition) is 3. The highest BCUT2D eigenvalue weighted by molar-refractivity contribution is 5.76. The number of aromatic nitrogens is 1. The van der Waals surface area contributed by atoms with Crippen molar-refractivity contribution in [3.63, 3.8) is 0 Å². The number of amides is 1. The normalized spacial score (nSPS) is 20.0. The molecule has 0 radical (unpaired) electrons. The maximum Gasteiger partial charge on any atom is 0.249 e. The zero-order valence-electron chi connectivity index (χ0n) is 12.4. The van der Waals surface area contributed by atoms with Gasteiger partial charge in [-0.15, -0.1) is 0 Å². The minimum atomic E-state index is -0.0766. The van der Waals surface area contributed by atoms with Crippen LogP contribution in [0, 0.1) is 5.92 Å². The highest BCUT2D eigenvalue weighted by Crippen LogP contribution is 2.28. The van der Waals surface area contributed by atoms with Crippen molar-refractivity contribution >= 4 is 11.6 Å². The topological polar surface area (TPSA) is 56.4 Å². The van der Waals surface area contributed by atoms with Gasteiger partial charge in [-0.2, -0.15) is 0 Å². The molecule has 2 heterocycles. The molecule has 114 valence electrons. The Morgan fingerprint density at radius 1 is 1.19 bits per heavy atom. The van der Waals surface area contributed by atoms with Crippen LogP contribution in [0.1, 0.15) is 32.1 Å². The molecule has 5 heteroatoms. The fraction of sp³-hybridized carbons (Fsp3) is 0.625. The van der Waals surface area contributed by atoms with Crippen molar-refractivity contribution in [3.8, 4) is 0 Å². The highest BCUT2D eigenvalue weighted by atomic mass is 16.2. The summed E-state index contributed by atoms with van der Waals surface area (Å²) in [6, 6.07) is 3.54. The average Bonchev–Trinajstić information content (AvgIpc) is 3.00. The van der Waals surface area contributed by atoms with Gasteiger partial charge in [0.15, 0.2) is 0 Å². The summed E-state index contributed by atoms with van der Waals surface area (Å²) in [6.45, 7) is 3.14. The molecule has 21 heavy (non-hydrogen) atoms. The van der Waals surface area contributed by atoms with E-state index in [4.69, 9.17) is 0 Å². The molecule has 0 atom stereocenters. The van der Waals surface area contributed by atoms with Crippen LogP contribution in [-0.2, 0) is 4.79 Å². The quantitative estimate of drug-likeness (QED) is 0.919. The molecule has 1 aromatic heterocycles. The molecule has 2 fully saturated rings. The number of hydrogen-bond donors (Lipinski definition) is 1. The molecule has 1 aliphatic heterocycles. The zero-order valence-corrected chi connectivity index (χ0v) is 12.4. The first-order valence-corrected chi connectivity index (χ1v) is 7.94. The van der Waals surface area contributed by atoms with E-state index in [2.05, 4.69) is 9.88 Å². The fourth-order valence-corrected chi connectivity index (χ4v) is 3.43. The zero-order chi connectivity index (χ0) is 14.7. The third-order valence-corrected chi connectivity index (χ3v) is 4.69. The number of nitrogens with zero attached hydrogens (tertiary/aromatic N) is 2.